The summed E-state index contributed by atoms with van der Waals surface area (Å²) in [6, 6.07) is 0. The molecule has 0 fully saturated rings. The molecule has 94 valence electrons. The van der Waals surface area contributed by atoms with Crippen LogP contribution in [0.3, 0.4) is 0 Å². The second-order valence-electron chi connectivity index (χ2n) is 4.29. The summed E-state index contributed by atoms with van der Waals surface area (Å²) in [5.41, 5.74) is -0.412. The van der Waals surface area contributed by atoms with E-state index in [1.807, 2.05) is 20.8 Å². The highest BCUT2D eigenvalue weighted by atomic mass is 16.5. The highest BCUT2D eigenvalue weighted by molar-refractivity contribution is 5.66. The Bertz CT molecular complexity index is 255. The van der Waals surface area contributed by atoms with Crippen LogP contribution in [0.15, 0.2) is 0 Å². The number of carbonyl (C=O) groups excluding carboxylic acids is 1. The maximum atomic E-state index is 10.9. The average molecular weight is 232 g/mol. The quantitative estimate of drug-likeness (QED) is 0.666. The van der Waals surface area contributed by atoms with Crippen molar-refractivity contribution in [2.75, 3.05) is 20.2 Å². The maximum Gasteiger partial charge on any atom is 0.406 e. The molecule has 0 aliphatic heterocycles. The van der Waals surface area contributed by atoms with Crippen LogP contribution >= 0.6 is 0 Å². The third-order valence-corrected chi connectivity index (χ3v) is 2.77. The molecule has 0 heterocycles. The van der Waals surface area contributed by atoms with Crippen molar-refractivity contribution in [3.05, 3.63) is 0 Å². The predicted octanol–water partition coefficient (Wildman–Crippen LogP) is 1.27. The van der Waals surface area contributed by atoms with E-state index in [-0.39, 0.29) is 19.1 Å². The molecule has 2 amide bonds. The Morgan fingerprint density at radius 2 is 2.00 bits per heavy atom. The van der Waals surface area contributed by atoms with Gasteiger partial charge in [0.2, 0.25) is 0 Å². The molecule has 0 rings (SSSR count). The number of ether oxygens (including phenoxy) is 1. The van der Waals surface area contributed by atoms with E-state index >= 15 is 0 Å². The van der Waals surface area contributed by atoms with Gasteiger partial charge in [-0.25, -0.2) is 9.59 Å². The minimum absolute atomic E-state index is 0.171. The van der Waals surface area contributed by atoms with Gasteiger partial charge in [0.1, 0.15) is 6.61 Å². The lowest BCUT2D eigenvalue weighted by molar-refractivity contribution is 0.0639. The van der Waals surface area contributed by atoms with Gasteiger partial charge in [0.05, 0.1) is 0 Å². The second kappa shape index (κ2) is 6.19. The first-order valence-corrected chi connectivity index (χ1v) is 5.13. The van der Waals surface area contributed by atoms with Crippen molar-refractivity contribution in [1.82, 2.24) is 10.6 Å². The average Bonchev–Trinajstić information content (AvgIpc) is 2.22. The van der Waals surface area contributed by atoms with Gasteiger partial charge < -0.3 is 20.5 Å². The smallest absolute Gasteiger partial charge is 0.406 e. The molecule has 0 aromatic rings. The predicted molar refractivity (Wildman–Crippen MR) is 59.4 cm³/mol. The Balaban J connectivity index is 4.33. The fraction of sp³-hybridized carbons (Fsp3) is 0.800. The van der Waals surface area contributed by atoms with Crippen molar-refractivity contribution in [2.24, 2.45) is 11.3 Å². The Hall–Kier alpha value is -1.46. The van der Waals surface area contributed by atoms with Crippen LogP contribution in [0.1, 0.15) is 20.8 Å². The van der Waals surface area contributed by atoms with Gasteiger partial charge >= 0.3 is 12.2 Å². The third kappa shape index (κ3) is 4.86. The molecule has 6 nitrogen and oxygen atoms in total. The first kappa shape index (κ1) is 14.5. The van der Waals surface area contributed by atoms with E-state index < -0.39 is 17.6 Å². The molecule has 0 aliphatic rings. The normalized spacial score (nSPS) is 14.1. The number of carboxylic acid groups (broad SMARTS) is 1. The largest absolute Gasteiger partial charge is 0.465 e. The van der Waals surface area contributed by atoms with Crippen molar-refractivity contribution in [1.29, 1.82) is 0 Å². The summed E-state index contributed by atoms with van der Waals surface area (Å²) < 4.78 is 4.97. The fourth-order valence-corrected chi connectivity index (χ4v) is 1.00. The lowest BCUT2D eigenvalue weighted by Gasteiger charge is -2.32. The van der Waals surface area contributed by atoms with Gasteiger partial charge in [0.25, 0.3) is 0 Å². The number of hydrogen-bond acceptors (Lipinski definition) is 3. The first-order valence-electron chi connectivity index (χ1n) is 5.13. The van der Waals surface area contributed by atoms with E-state index in [0.717, 1.165) is 0 Å². The van der Waals surface area contributed by atoms with E-state index in [2.05, 4.69) is 10.6 Å². The highest BCUT2D eigenvalue weighted by Crippen LogP contribution is 2.26. The fourth-order valence-electron chi connectivity index (χ4n) is 1.00. The van der Waals surface area contributed by atoms with E-state index in [1.165, 1.54) is 7.05 Å². The standard InChI is InChI=1S/C10H20N2O4/c1-7(2)10(3,5-12-8(13)14)6-16-9(15)11-4/h7,12H,5-6H2,1-4H3,(H,11,15)(H,13,14). The van der Waals surface area contributed by atoms with Gasteiger partial charge in [-0.1, -0.05) is 20.8 Å². The van der Waals surface area contributed by atoms with Crippen LogP contribution in [-0.4, -0.2) is 37.5 Å². The summed E-state index contributed by atoms with van der Waals surface area (Å²) in [6.45, 7) is 6.20. The van der Waals surface area contributed by atoms with Crippen LogP contribution in [0.2, 0.25) is 0 Å². The topological polar surface area (TPSA) is 87.7 Å². The molecule has 0 spiro atoms. The lowest BCUT2D eigenvalue weighted by Crippen LogP contribution is -2.42. The van der Waals surface area contributed by atoms with Crippen molar-refractivity contribution in [3.63, 3.8) is 0 Å². The number of nitrogens with one attached hydrogen (secondary N) is 2. The summed E-state index contributed by atoms with van der Waals surface area (Å²) in [7, 11) is 1.48. The van der Waals surface area contributed by atoms with Crippen LogP contribution in [0.4, 0.5) is 9.59 Å². The first-order chi connectivity index (χ1) is 7.31. The maximum absolute atomic E-state index is 10.9. The Morgan fingerprint density at radius 3 is 2.38 bits per heavy atom. The van der Waals surface area contributed by atoms with Crippen LogP contribution in [0, 0.1) is 11.3 Å². The molecule has 0 radical (unpaired) electrons. The zero-order valence-corrected chi connectivity index (χ0v) is 10.2. The van der Waals surface area contributed by atoms with Crippen molar-refractivity contribution in [3.8, 4) is 0 Å². The Morgan fingerprint density at radius 1 is 1.44 bits per heavy atom. The molecule has 0 saturated carbocycles. The number of carbonyl (C=O) groups is 2. The number of rotatable bonds is 5. The summed E-state index contributed by atoms with van der Waals surface area (Å²) in [5, 5.41) is 13.2. The summed E-state index contributed by atoms with van der Waals surface area (Å²) in [4.78, 5) is 21.4. The van der Waals surface area contributed by atoms with Crippen LogP contribution in [0.25, 0.3) is 0 Å². The van der Waals surface area contributed by atoms with Crippen molar-refractivity contribution in [2.45, 2.75) is 20.8 Å². The van der Waals surface area contributed by atoms with Crippen LogP contribution in [-0.2, 0) is 4.74 Å². The molecule has 0 bridgehead atoms. The van der Waals surface area contributed by atoms with Gasteiger partial charge in [0, 0.05) is 19.0 Å². The highest BCUT2D eigenvalue weighted by Gasteiger charge is 2.30. The van der Waals surface area contributed by atoms with Crippen molar-refractivity contribution < 1.29 is 19.4 Å². The minimum Gasteiger partial charge on any atom is -0.465 e. The van der Waals surface area contributed by atoms with Crippen LogP contribution in [0.5, 0.6) is 0 Å². The number of amides is 2. The van der Waals surface area contributed by atoms with Crippen LogP contribution < -0.4 is 10.6 Å². The molecule has 0 aromatic carbocycles. The number of hydrogen-bond donors (Lipinski definition) is 3. The summed E-state index contributed by atoms with van der Waals surface area (Å²) in [5.74, 6) is 0.184. The van der Waals surface area contributed by atoms with E-state index in [4.69, 9.17) is 9.84 Å². The van der Waals surface area contributed by atoms with Crippen molar-refractivity contribution >= 4 is 12.2 Å². The zero-order chi connectivity index (χ0) is 12.8. The third-order valence-electron chi connectivity index (χ3n) is 2.77. The second-order valence-corrected chi connectivity index (χ2v) is 4.29. The van der Waals surface area contributed by atoms with Gasteiger partial charge in [0.15, 0.2) is 0 Å². The van der Waals surface area contributed by atoms with E-state index in [0.29, 0.717) is 0 Å². The van der Waals surface area contributed by atoms with Gasteiger partial charge in [-0.05, 0) is 5.92 Å². The Labute approximate surface area is 95.4 Å². The molecule has 16 heavy (non-hydrogen) atoms. The molecule has 0 saturated heterocycles. The molecular formula is C10H20N2O4. The minimum atomic E-state index is -1.08. The summed E-state index contributed by atoms with van der Waals surface area (Å²) >= 11 is 0. The molecule has 1 atom stereocenters. The molecule has 1 unspecified atom stereocenters. The molecule has 6 heteroatoms. The van der Waals surface area contributed by atoms with Gasteiger partial charge in [-0.2, -0.15) is 0 Å². The Kier molecular flexibility index (Phi) is 5.63. The van der Waals surface area contributed by atoms with Gasteiger partial charge in [-0.15, -0.1) is 0 Å². The monoisotopic (exact) mass is 232 g/mol. The zero-order valence-electron chi connectivity index (χ0n) is 10.2. The SMILES string of the molecule is CNC(=O)OCC(C)(CNC(=O)O)C(C)C. The molecule has 3 N–H and O–H groups in total. The number of alkyl carbamates (subject to hydrolysis) is 1. The van der Waals surface area contributed by atoms with Gasteiger partial charge in [-0.3, -0.25) is 0 Å². The van der Waals surface area contributed by atoms with E-state index in [9.17, 15) is 9.59 Å². The summed E-state index contributed by atoms with van der Waals surface area (Å²) in [6.07, 6.45) is -1.59. The molecular weight excluding hydrogens is 212 g/mol. The molecule has 0 aromatic heterocycles. The lowest BCUT2D eigenvalue weighted by atomic mass is 9.80. The van der Waals surface area contributed by atoms with E-state index in [1.54, 1.807) is 0 Å². The molecule has 0 aliphatic carbocycles.